The highest BCUT2D eigenvalue weighted by Gasteiger charge is 2.14. The lowest BCUT2D eigenvalue weighted by Gasteiger charge is -2.08. The second-order valence-corrected chi connectivity index (χ2v) is 6.08. The van der Waals surface area contributed by atoms with Gasteiger partial charge in [0.05, 0.1) is 33.6 Å². The number of anilines is 1. The Morgan fingerprint density at radius 3 is 2.75 bits per heavy atom. The molecule has 2 N–H and O–H groups in total. The lowest BCUT2D eigenvalue weighted by atomic mass is 10.2. The number of nitrogen functional groups attached to an aromatic ring is 1. The molecule has 1 aromatic heterocycles. The predicted molar refractivity (Wildman–Crippen MR) is 86.0 cm³/mol. The van der Waals surface area contributed by atoms with Gasteiger partial charge in [-0.1, -0.05) is 23.2 Å². The number of rotatable bonds is 2. The molecule has 0 bridgehead atoms. The molecule has 0 spiro atoms. The molecule has 0 saturated heterocycles. The molecule has 0 aliphatic rings. The Morgan fingerprint density at radius 2 is 2.00 bits per heavy atom. The average Bonchev–Trinajstić information content (AvgIpc) is 2.84. The molecule has 20 heavy (non-hydrogen) atoms. The van der Waals surface area contributed by atoms with Gasteiger partial charge in [-0.2, -0.15) is 0 Å². The zero-order chi connectivity index (χ0) is 14.3. The molecule has 0 aliphatic carbocycles. The second kappa shape index (κ2) is 5.13. The number of hydrogen-bond donors (Lipinski definition) is 1. The van der Waals surface area contributed by atoms with Crippen molar-refractivity contribution in [3.63, 3.8) is 0 Å². The van der Waals surface area contributed by atoms with E-state index in [1.54, 1.807) is 19.2 Å². The van der Waals surface area contributed by atoms with E-state index >= 15 is 0 Å². The van der Waals surface area contributed by atoms with Gasteiger partial charge in [0.15, 0.2) is 0 Å². The van der Waals surface area contributed by atoms with Gasteiger partial charge in [-0.25, -0.2) is 4.98 Å². The van der Waals surface area contributed by atoms with Crippen molar-refractivity contribution in [1.29, 1.82) is 0 Å². The third kappa shape index (κ3) is 2.30. The highest BCUT2D eigenvalue weighted by molar-refractivity contribution is 7.21. The SMILES string of the molecule is COc1cc(N)c(Cl)cc1-c1nc2ccc(Cl)cc2s1. The summed E-state index contributed by atoms with van der Waals surface area (Å²) in [6.45, 7) is 0. The van der Waals surface area contributed by atoms with Crippen molar-refractivity contribution in [3.8, 4) is 16.3 Å². The summed E-state index contributed by atoms with van der Waals surface area (Å²) in [4.78, 5) is 4.58. The molecule has 2 aromatic carbocycles. The number of hydrogen-bond acceptors (Lipinski definition) is 4. The molecule has 0 radical (unpaired) electrons. The Morgan fingerprint density at radius 1 is 1.20 bits per heavy atom. The van der Waals surface area contributed by atoms with Crippen LogP contribution in [0.15, 0.2) is 30.3 Å². The van der Waals surface area contributed by atoms with Crippen LogP contribution in [0.5, 0.6) is 5.75 Å². The molecule has 3 nitrogen and oxygen atoms in total. The molecule has 1 heterocycles. The van der Waals surface area contributed by atoms with E-state index in [1.807, 2.05) is 18.2 Å². The van der Waals surface area contributed by atoms with Crippen LogP contribution in [0.4, 0.5) is 5.69 Å². The number of fused-ring (bicyclic) bond motifs is 1. The number of methoxy groups -OCH3 is 1. The second-order valence-electron chi connectivity index (χ2n) is 4.21. The highest BCUT2D eigenvalue weighted by Crippen LogP contribution is 2.39. The van der Waals surface area contributed by atoms with Crippen LogP contribution in [-0.4, -0.2) is 12.1 Å². The molecule has 0 amide bonds. The summed E-state index contributed by atoms with van der Waals surface area (Å²) < 4.78 is 6.37. The molecule has 0 fully saturated rings. The van der Waals surface area contributed by atoms with Crippen LogP contribution in [0, 0.1) is 0 Å². The van der Waals surface area contributed by atoms with Gasteiger partial charge in [-0.3, -0.25) is 0 Å². The standard InChI is InChI=1S/C14H10Cl2N2OS/c1-19-12-6-10(17)9(16)5-8(12)14-18-11-3-2-7(15)4-13(11)20-14/h2-6H,17H2,1H3. The van der Waals surface area contributed by atoms with Crippen LogP contribution in [0.2, 0.25) is 10.0 Å². The predicted octanol–water partition coefficient (Wildman–Crippen LogP) is 4.86. The zero-order valence-electron chi connectivity index (χ0n) is 10.5. The number of benzene rings is 2. The van der Waals surface area contributed by atoms with E-state index < -0.39 is 0 Å². The maximum atomic E-state index is 6.09. The van der Waals surface area contributed by atoms with Crippen molar-refractivity contribution in [2.24, 2.45) is 0 Å². The highest BCUT2D eigenvalue weighted by atomic mass is 35.5. The number of nitrogens with two attached hydrogens (primary N) is 1. The van der Waals surface area contributed by atoms with Crippen LogP contribution in [0.1, 0.15) is 0 Å². The topological polar surface area (TPSA) is 48.1 Å². The monoisotopic (exact) mass is 324 g/mol. The van der Waals surface area contributed by atoms with Crippen LogP contribution < -0.4 is 10.5 Å². The van der Waals surface area contributed by atoms with E-state index in [0.717, 1.165) is 20.8 Å². The summed E-state index contributed by atoms with van der Waals surface area (Å²) in [6.07, 6.45) is 0. The van der Waals surface area contributed by atoms with Crippen LogP contribution in [0.25, 0.3) is 20.8 Å². The molecule has 102 valence electrons. The maximum Gasteiger partial charge on any atom is 0.131 e. The van der Waals surface area contributed by atoms with Gasteiger partial charge in [0, 0.05) is 11.1 Å². The summed E-state index contributed by atoms with van der Waals surface area (Å²) in [5.74, 6) is 0.650. The number of halogens is 2. The van der Waals surface area contributed by atoms with Crippen molar-refractivity contribution in [2.75, 3.05) is 12.8 Å². The summed E-state index contributed by atoms with van der Waals surface area (Å²) in [7, 11) is 1.59. The average molecular weight is 325 g/mol. The summed E-state index contributed by atoms with van der Waals surface area (Å²) in [6, 6.07) is 9.08. The molecule has 0 saturated carbocycles. The quantitative estimate of drug-likeness (QED) is 0.685. The Labute approximate surface area is 129 Å². The first-order chi connectivity index (χ1) is 9.58. The fourth-order valence-electron chi connectivity index (χ4n) is 1.92. The lowest BCUT2D eigenvalue weighted by molar-refractivity contribution is 0.416. The first kappa shape index (κ1) is 13.5. The molecule has 3 rings (SSSR count). The molecular formula is C14H10Cl2N2OS. The first-order valence-electron chi connectivity index (χ1n) is 5.78. The third-order valence-corrected chi connectivity index (χ3v) is 4.51. The fourth-order valence-corrected chi connectivity index (χ4v) is 3.35. The van der Waals surface area contributed by atoms with Crippen LogP contribution in [0.3, 0.4) is 0 Å². The van der Waals surface area contributed by atoms with Crippen molar-refractivity contribution in [3.05, 3.63) is 40.4 Å². The minimum atomic E-state index is 0.483. The first-order valence-corrected chi connectivity index (χ1v) is 7.35. The van der Waals surface area contributed by atoms with Gasteiger partial charge in [0.25, 0.3) is 0 Å². The summed E-state index contributed by atoms with van der Waals surface area (Å²) in [5, 5.41) is 1.99. The molecule has 0 aliphatic heterocycles. The van der Waals surface area contributed by atoms with Crippen LogP contribution >= 0.6 is 34.5 Å². The molecule has 3 aromatic rings. The minimum absolute atomic E-state index is 0.483. The van der Waals surface area contributed by atoms with Crippen molar-refractivity contribution >= 4 is 50.4 Å². The van der Waals surface area contributed by atoms with Crippen LogP contribution in [-0.2, 0) is 0 Å². The Balaban J connectivity index is 2.22. The number of thiazole rings is 1. The largest absolute Gasteiger partial charge is 0.496 e. The minimum Gasteiger partial charge on any atom is -0.496 e. The zero-order valence-corrected chi connectivity index (χ0v) is 12.8. The number of aromatic nitrogens is 1. The van der Waals surface area contributed by atoms with Crippen molar-refractivity contribution < 1.29 is 4.74 Å². The molecule has 6 heteroatoms. The van der Waals surface area contributed by atoms with Gasteiger partial charge in [-0.05, 0) is 24.3 Å². The van der Waals surface area contributed by atoms with E-state index in [9.17, 15) is 0 Å². The summed E-state index contributed by atoms with van der Waals surface area (Å²) in [5.41, 5.74) is 7.99. The maximum absolute atomic E-state index is 6.09. The third-order valence-electron chi connectivity index (χ3n) is 2.90. The Kier molecular flexibility index (Phi) is 3.46. The smallest absolute Gasteiger partial charge is 0.131 e. The number of ether oxygens (including phenoxy) is 1. The van der Waals surface area contributed by atoms with Crippen molar-refractivity contribution in [2.45, 2.75) is 0 Å². The van der Waals surface area contributed by atoms with E-state index in [1.165, 1.54) is 11.3 Å². The lowest BCUT2D eigenvalue weighted by Crippen LogP contribution is -1.92. The summed E-state index contributed by atoms with van der Waals surface area (Å²) >= 11 is 13.6. The molecule has 0 atom stereocenters. The van der Waals surface area contributed by atoms with E-state index in [4.69, 9.17) is 33.7 Å². The van der Waals surface area contributed by atoms with E-state index in [0.29, 0.717) is 21.5 Å². The Bertz CT molecular complexity index is 801. The normalized spacial score (nSPS) is 10.9. The van der Waals surface area contributed by atoms with Gasteiger partial charge in [0.2, 0.25) is 0 Å². The van der Waals surface area contributed by atoms with E-state index in [-0.39, 0.29) is 0 Å². The van der Waals surface area contributed by atoms with Gasteiger partial charge in [-0.15, -0.1) is 11.3 Å². The number of nitrogens with zero attached hydrogens (tertiary/aromatic N) is 1. The molecule has 0 unspecified atom stereocenters. The van der Waals surface area contributed by atoms with Gasteiger partial charge < -0.3 is 10.5 Å². The van der Waals surface area contributed by atoms with Gasteiger partial charge >= 0.3 is 0 Å². The fraction of sp³-hybridized carbons (Fsp3) is 0.0714. The molecular weight excluding hydrogens is 315 g/mol. The Hall–Kier alpha value is -1.49. The van der Waals surface area contributed by atoms with Crippen molar-refractivity contribution in [1.82, 2.24) is 4.98 Å². The van der Waals surface area contributed by atoms with Gasteiger partial charge in [0.1, 0.15) is 10.8 Å². The van der Waals surface area contributed by atoms with E-state index in [2.05, 4.69) is 4.98 Å².